The van der Waals surface area contributed by atoms with Crippen LogP contribution in [0, 0.1) is 11.3 Å². The minimum Gasteiger partial charge on any atom is -0.311 e. The van der Waals surface area contributed by atoms with Gasteiger partial charge in [0.15, 0.2) is 0 Å². The van der Waals surface area contributed by atoms with Crippen molar-refractivity contribution in [2.75, 3.05) is 19.6 Å². The largest absolute Gasteiger partial charge is 0.311 e. The predicted octanol–water partition coefficient (Wildman–Crippen LogP) is 3.95. The SMILES string of the molecule is C1CCC2(CC1)CCN(CCC1CC3CCC(C1)N3)CC2. The van der Waals surface area contributed by atoms with E-state index in [9.17, 15) is 0 Å². The molecule has 21 heavy (non-hydrogen) atoms. The molecular weight excluding hydrogens is 256 g/mol. The lowest BCUT2D eigenvalue weighted by Gasteiger charge is -2.44. The molecule has 2 atom stereocenters. The first-order valence-corrected chi connectivity index (χ1v) is 9.80. The molecule has 3 saturated heterocycles. The van der Waals surface area contributed by atoms with Gasteiger partial charge in [-0.25, -0.2) is 0 Å². The summed E-state index contributed by atoms with van der Waals surface area (Å²) in [7, 11) is 0. The Hall–Kier alpha value is -0.0800. The normalized spacial score (nSPS) is 39.7. The first kappa shape index (κ1) is 14.5. The Kier molecular flexibility index (Phi) is 4.28. The van der Waals surface area contributed by atoms with E-state index in [-0.39, 0.29) is 0 Å². The molecule has 1 N–H and O–H groups in total. The van der Waals surface area contributed by atoms with Crippen LogP contribution in [0.5, 0.6) is 0 Å². The molecule has 1 aliphatic carbocycles. The Balaban J connectivity index is 1.20. The quantitative estimate of drug-likeness (QED) is 0.846. The lowest BCUT2D eigenvalue weighted by Crippen LogP contribution is -2.43. The first-order chi connectivity index (χ1) is 10.3. The summed E-state index contributed by atoms with van der Waals surface area (Å²) in [5, 5.41) is 3.78. The van der Waals surface area contributed by atoms with Gasteiger partial charge < -0.3 is 10.2 Å². The van der Waals surface area contributed by atoms with E-state index in [1.165, 1.54) is 83.8 Å². The van der Waals surface area contributed by atoms with Crippen LogP contribution in [-0.4, -0.2) is 36.6 Å². The molecule has 0 amide bonds. The van der Waals surface area contributed by atoms with Crippen molar-refractivity contribution in [1.29, 1.82) is 0 Å². The highest BCUT2D eigenvalue weighted by Gasteiger charge is 2.36. The summed E-state index contributed by atoms with van der Waals surface area (Å²) < 4.78 is 0. The van der Waals surface area contributed by atoms with Crippen molar-refractivity contribution in [1.82, 2.24) is 10.2 Å². The summed E-state index contributed by atoms with van der Waals surface area (Å²) in [5.74, 6) is 1.02. The summed E-state index contributed by atoms with van der Waals surface area (Å²) in [6, 6.07) is 1.75. The first-order valence-electron chi connectivity index (χ1n) is 9.80. The number of piperidine rings is 2. The number of rotatable bonds is 3. The molecule has 0 aromatic heterocycles. The molecule has 2 unspecified atom stereocenters. The van der Waals surface area contributed by atoms with E-state index in [1.54, 1.807) is 12.8 Å². The average molecular weight is 290 g/mol. The van der Waals surface area contributed by atoms with Crippen LogP contribution in [0.4, 0.5) is 0 Å². The van der Waals surface area contributed by atoms with Gasteiger partial charge in [0, 0.05) is 12.1 Å². The Morgan fingerprint density at radius 1 is 0.857 bits per heavy atom. The topological polar surface area (TPSA) is 15.3 Å². The number of nitrogens with zero attached hydrogens (tertiary/aromatic N) is 1. The van der Waals surface area contributed by atoms with Gasteiger partial charge in [0.25, 0.3) is 0 Å². The molecule has 3 aliphatic heterocycles. The van der Waals surface area contributed by atoms with Gasteiger partial charge in [-0.05, 0) is 88.8 Å². The van der Waals surface area contributed by atoms with E-state index in [0.29, 0.717) is 0 Å². The van der Waals surface area contributed by atoms with Crippen LogP contribution in [-0.2, 0) is 0 Å². The van der Waals surface area contributed by atoms with Crippen molar-refractivity contribution in [3.63, 3.8) is 0 Å². The minimum absolute atomic E-state index is 0.780. The highest BCUT2D eigenvalue weighted by atomic mass is 15.1. The second-order valence-corrected chi connectivity index (χ2v) is 8.67. The van der Waals surface area contributed by atoms with Gasteiger partial charge >= 0.3 is 0 Å². The highest BCUT2D eigenvalue weighted by Crippen LogP contribution is 2.44. The van der Waals surface area contributed by atoms with Gasteiger partial charge in [0.05, 0.1) is 0 Å². The molecule has 1 saturated carbocycles. The van der Waals surface area contributed by atoms with E-state index in [0.717, 1.165) is 23.4 Å². The molecule has 120 valence electrons. The van der Waals surface area contributed by atoms with E-state index in [1.807, 2.05) is 0 Å². The molecule has 0 aromatic rings. The van der Waals surface area contributed by atoms with Gasteiger partial charge in [-0.15, -0.1) is 0 Å². The van der Waals surface area contributed by atoms with Crippen LogP contribution in [0.1, 0.15) is 77.0 Å². The summed E-state index contributed by atoms with van der Waals surface area (Å²) in [4.78, 5) is 2.80. The third-order valence-electron chi connectivity index (χ3n) is 7.26. The molecule has 2 bridgehead atoms. The Morgan fingerprint density at radius 3 is 2.19 bits per heavy atom. The van der Waals surface area contributed by atoms with Gasteiger partial charge in [0.2, 0.25) is 0 Å². The average Bonchev–Trinajstić information content (AvgIpc) is 2.86. The van der Waals surface area contributed by atoms with E-state index < -0.39 is 0 Å². The van der Waals surface area contributed by atoms with Crippen molar-refractivity contribution in [2.24, 2.45) is 11.3 Å². The number of hydrogen-bond acceptors (Lipinski definition) is 2. The Labute approximate surface area is 131 Å². The highest BCUT2D eigenvalue weighted by molar-refractivity contribution is 4.93. The fourth-order valence-corrected chi connectivity index (χ4v) is 5.83. The van der Waals surface area contributed by atoms with Crippen LogP contribution in [0.15, 0.2) is 0 Å². The minimum atomic E-state index is 0.780. The van der Waals surface area contributed by atoms with Crippen LogP contribution < -0.4 is 5.32 Å². The number of nitrogens with one attached hydrogen (secondary N) is 1. The van der Waals surface area contributed by atoms with Crippen molar-refractivity contribution in [3.8, 4) is 0 Å². The molecule has 0 aromatic carbocycles. The van der Waals surface area contributed by atoms with E-state index >= 15 is 0 Å². The van der Waals surface area contributed by atoms with Gasteiger partial charge in [-0.1, -0.05) is 19.3 Å². The molecule has 2 heteroatoms. The third-order valence-corrected chi connectivity index (χ3v) is 7.26. The van der Waals surface area contributed by atoms with Crippen molar-refractivity contribution in [3.05, 3.63) is 0 Å². The van der Waals surface area contributed by atoms with Gasteiger partial charge in [-0.2, -0.15) is 0 Å². The Bertz CT molecular complexity index is 325. The fraction of sp³-hybridized carbons (Fsp3) is 1.00. The molecule has 3 heterocycles. The van der Waals surface area contributed by atoms with Crippen molar-refractivity contribution < 1.29 is 0 Å². The monoisotopic (exact) mass is 290 g/mol. The maximum atomic E-state index is 3.78. The van der Waals surface area contributed by atoms with Crippen molar-refractivity contribution in [2.45, 2.75) is 89.1 Å². The molecule has 1 spiro atoms. The number of hydrogen-bond donors (Lipinski definition) is 1. The lowest BCUT2D eigenvalue weighted by atomic mass is 9.68. The number of likely N-dealkylation sites (tertiary alicyclic amines) is 1. The molecule has 4 aliphatic rings. The molecule has 4 rings (SSSR count). The van der Waals surface area contributed by atoms with Crippen LogP contribution >= 0.6 is 0 Å². The van der Waals surface area contributed by atoms with Crippen LogP contribution in [0.3, 0.4) is 0 Å². The number of fused-ring (bicyclic) bond motifs is 2. The Morgan fingerprint density at radius 2 is 1.52 bits per heavy atom. The predicted molar refractivity (Wildman–Crippen MR) is 88.5 cm³/mol. The summed E-state index contributed by atoms with van der Waals surface area (Å²) >= 11 is 0. The second-order valence-electron chi connectivity index (χ2n) is 8.67. The molecule has 2 nitrogen and oxygen atoms in total. The van der Waals surface area contributed by atoms with Crippen LogP contribution in [0.2, 0.25) is 0 Å². The van der Waals surface area contributed by atoms with E-state index in [4.69, 9.17) is 0 Å². The third kappa shape index (κ3) is 3.32. The summed E-state index contributed by atoms with van der Waals surface area (Å²) in [6.45, 7) is 4.19. The fourth-order valence-electron chi connectivity index (χ4n) is 5.83. The maximum absolute atomic E-state index is 3.78. The van der Waals surface area contributed by atoms with Crippen LogP contribution in [0.25, 0.3) is 0 Å². The summed E-state index contributed by atoms with van der Waals surface area (Å²) in [6.07, 6.45) is 17.9. The zero-order valence-corrected chi connectivity index (χ0v) is 13.8. The van der Waals surface area contributed by atoms with E-state index in [2.05, 4.69) is 10.2 Å². The molecule has 4 fully saturated rings. The zero-order valence-electron chi connectivity index (χ0n) is 13.8. The van der Waals surface area contributed by atoms with Gasteiger partial charge in [-0.3, -0.25) is 0 Å². The lowest BCUT2D eigenvalue weighted by molar-refractivity contribution is 0.0634. The molecular formula is C19H34N2. The summed E-state index contributed by atoms with van der Waals surface area (Å²) in [5.41, 5.74) is 0.780. The second kappa shape index (κ2) is 6.20. The smallest absolute Gasteiger partial charge is 0.00728 e. The maximum Gasteiger partial charge on any atom is 0.00728 e. The van der Waals surface area contributed by atoms with Gasteiger partial charge in [0.1, 0.15) is 0 Å². The molecule has 0 radical (unpaired) electrons. The van der Waals surface area contributed by atoms with Crippen molar-refractivity contribution >= 4 is 0 Å². The zero-order chi connectivity index (χ0) is 14.1. The standard InChI is InChI=1S/C19H34N2/c1-2-7-19(8-3-1)9-12-21(13-10-19)11-6-16-14-17-4-5-18(15-16)20-17/h16-18,20H,1-15H2.